The Morgan fingerprint density at radius 3 is 2.89 bits per heavy atom. The van der Waals surface area contributed by atoms with Crippen LogP contribution in [0.2, 0.25) is 0 Å². The highest BCUT2D eigenvalue weighted by Crippen LogP contribution is 2.17. The monoisotopic (exact) mass is 284 g/mol. The van der Waals surface area contributed by atoms with Crippen LogP contribution < -0.4 is 0 Å². The minimum atomic E-state index is -0.752. The van der Waals surface area contributed by atoms with Gasteiger partial charge in [0.1, 0.15) is 0 Å². The second kappa shape index (κ2) is 6.33. The van der Waals surface area contributed by atoms with Crippen molar-refractivity contribution < 1.29 is 9.00 Å². The SMILES string of the molecule is CCSc1cc(C(=O)N2CCS(=O)CC2)ccn1. The molecule has 0 aliphatic carbocycles. The van der Waals surface area contributed by atoms with Crippen LogP contribution in [-0.4, -0.2) is 50.3 Å². The van der Waals surface area contributed by atoms with Crippen molar-refractivity contribution in [1.82, 2.24) is 9.88 Å². The minimum absolute atomic E-state index is 0.0204. The van der Waals surface area contributed by atoms with E-state index in [1.54, 1.807) is 28.9 Å². The van der Waals surface area contributed by atoms with Gasteiger partial charge in [0.25, 0.3) is 5.91 Å². The van der Waals surface area contributed by atoms with Crippen molar-refractivity contribution in [2.45, 2.75) is 11.9 Å². The highest BCUT2D eigenvalue weighted by atomic mass is 32.2. The van der Waals surface area contributed by atoms with Gasteiger partial charge in [0.15, 0.2) is 0 Å². The van der Waals surface area contributed by atoms with Gasteiger partial charge in [0.05, 0.1) is 5.03 Å². The van der Waals surface area contributed by atoms with Gasteiger partial charge in [-0.1, -0.05) is 6.92 Å². The topological polar surface area (TPSA) is 50.3 Å². The predicted octanol–water partition coefficient (Wildman–Crippen LogP) is 1.40. The van der Waals surface area contributed by atoms with E-state index in [0.29, 0.717) is 30.2 Å². The molecule has 18 heavy (non-hydrogen) atoms. The van der Waals surface area contributed by atoms with Crippen LogP contribution in [0.1, 0.15) is 17.3 Å². The lowest BCUT2D eigenvalue weighted by Crippen LogP contribution is -2.41. The molecule has 0 aromatic carbocycles. The summed E-state index contributed by atoms with van der Waals surface area (Å²) in [4.78, 5) is 18.2. The fourth-order valence-corrected chi connectivity index (χ4v) is 3.49. The van der Waals surface area contributed by atoms with E-state index in [0.717, 1.165) is 10.8 Å². The summed E-state index contributed by atoms with van der Waals surface area (Å²) < 4.78 is 11.3. The molecule has 1 aromatic heterocycles. The third kappa shape index (κ3) is 3.32. The number of amides is 1. The van der Waals surface area contributed by atoms with Crippen LogP contribution in [-0.2, 0) is 10.8 Å². The number of hydrogen-bond acceptors (Lipinski definition) is 4. The number of rotatable bonds is 3. The smallest absolute Gasteiger partial charge is 0.254 e. The number of carbonyl (C=O) groups is 1. The first-order chi connectivity index (χ1) is 8.70. The normalized spacial score (nSPS) is 16.8. The van der Waals surface area contributed by atoms with E-state index in [1.807, 2.05) is 6.07 Å². The quantitative estimate of drug-likeness (QED) is 0.787. The first-order valence-corrected chi connectivity index (χ1v) is 8.41. The Morgan fingerprint density at radius 1 is 1.50 bits per heavy atom. The average Bonchev–Trinajstić information content (AvgIpc) is 2.39. The molecular weight excluding hydrogens is 268 g/mol. The van der Waals surface area contributed by atoms with Crippen LogP contribution in [0, 0.1) is 0 Å². The molecule has 0 radical (unpaired) electrons. The fraction of sp³-hybridized carbons (Fsp3) is 0.500. The molecule has 1 saturated heterocycles. The van der Waals surface area contributed by atoms with Crippen LogP contribution in [0.3, 0.4) is 0 Å². The molecule has 0 unspecified atom stereocenters. The number of aromatic nitrogens is 1. The average molecular weight is 284 g/mol. The van der Waals surface area contributed by atoms with Crippen LogP contribution in [0.4, 0.5) is 0 Å². The van der Waals surface area contributed by atoms with Crippen molar-refractivity contribution in [3.8, 4) is 0 Å². The van der Waals surface area contributed by atoms with Crippen molar-refractivity contribution in [3.63, 3.8) is 0 Å². The highest BCUT2D eigenvalue weighted by Gasteiger charge is 2.21. The maximum atomic E-state index is 12.3. The van der Waals surface area contributed by atoms with Gasteiger partial charge in [0, 0.05) is 47.2 Å². The van der Waals surface area contributed by atoms with Crippen molar-refractivity contribution in [2.24, 2.45) is 0 Å². The minimum Gasteiger partial charge on any atom is -0.337 e. The summed E-state index contributed by atoms with van der Waals surface area (Å²) in [6.07, 6.45) is 1.67. The summed E-state index contributed by atoms with van der Waals surface area (Å²) in [5, 5.41) is 0.879. The Balaban J connectivity index is 2.08. The van der Waals surface area contributed by atoms with E-state index in [1.165, 1.54) is 0 Å². The van der Waals surface area contributed by atoms with Gasteiger partial charge in [-0.3, -0.25) is 9.00 Å². The summed E-state index contributed by atoms with van der Waals surface area (Å²) in [6, 6.07) is 3.58. The molecule has 1 amide bonds. The lowest BCUT2D eigenvalue weighted by Gasteiger charge is -2.26. The Kier molecular flexibility index (Phi) is 4.77. The molecule has 2 heterocycles. The van der Waals surface area contributed by atoms with Crippen LogP contribution in [0.25, 0.3) is 0 Å². The lowest BCUT2D eigenvalue weighted by atomic mass is 10.2. The molecule has 1 aliphatic rings. The number of hydrogen-bond donors (Lipinski definition) is 0. The Labute approximate surface area is 114 Å². The molecule has 0 atom stereocenters. The summed E-state index contributed by atoms with van der Waals surface area (Å²) in [5.41, 5.74) is 0.675. The van der Waals surface area contributed by atoms with Crippen molar-refractivity contribution in [3.05, 3.63) is 23.9 Å². The number of carbonyl (C=O) groups excluding carboxylic acids is 1. The van der Waals surface area contributed by atoms with E-state index < -0.39 is 10.8 Å². The summed E-state index contributed by atoms with van der Waals surface area (Å²) in [7, 11) is -0.752. The number of pyridine rings is 1. The third-order valence-electron chi connectivity index (χ3n) is 2.74. The molecule has 1 aromatic rings. The molecule has 2 rings (SSSR count). The van der Waals surface area contributed by atoms with Gasteiger partial charge >= 0.3 is 0 Å². The number of nitrogens with zero attached hydrogens (tertiary/aromatic N) is 2. The summed E-state index contributed by atoms with van der Waals surface area (Å²) in [6.45, 7) is 3.23. The largest absolute Gasteiger partial charge is 0.337 e. The van der Waals surface area contributed by atoms with Gasteiger partial charge in [0.2, 0.25) is 0 Å². The molecule has 4 nitrogen and oxygen atoms in total. The molecule has 0 spiro atoms. The van der Waals surface area contributed by atoms with Gasteiger partial charge in [-0.15, -0.1) is 11.8 Å². The maximum Gasteiger partial charge on any atom is 0.254 e. The van der Waals surface area contributed by atoms with Gasteiger partial charge < -0.3 is 4.90 Å². The molecule has 98 valence electrons. The second-order valence-electron chi connectivity index (χ2n) is 3.96. The van der Waals surface area contributed by atoms with E-state index >= 15 is 0 Å². The molecule has 1 fully saturated rings. The first kappa shape index (κ1) is 13.5. The molecule has 6 heteroatoms. The summed E-state index contributed by atoms with van der Waals surface area (Å²) >= 11 is 1.62. The van der Waals surface area contributed by atoms with Gasteiger partial charge in [-0.25, -0.2) is 4.98 Å². The third-order valence-corrected chi connectivity index (χ3v) is 4.82. The zero-order chi connectivity index (χ0) is 13.0. The van der Waals surface area contributed by atoms with Gasteiger partial charge in [-0.05, 0) is 17.9 Å². The first-order valence-electron chi connectivity index (χ1n) is 5.94. The molecule has 0 bridgehead atoms. The van der Waals surface area contributed by atoms with E-state index in [2.05, 4.69) is 11.9 Å². The van der Waals surface area contributed by atoms with Crippen molar-refractivity contribution in [2.75, 3.05) is 30.3 Å². The van der Waals surface area contributed by atoms with E-state index in [9.17, 15) is 9.00 Å². The summed E-state index contributed by atoms with van der Waals surface area (Å²) in [5.74, 6) is 2.14. The molecular formula is C12H16N2O2S2. The van der Waals surface area contributed by atoms with E-state index in [-0.39, 0.29) is 5.91 Å². The van der Waals surface area contributed by atoms with Crippen molar-refractivity contribution >= 4 is 28.5 Å². The fourth-order valence-electron chi connectivity index (χ4n) is 1.79. The standard InChI is InChI=1S/C12H16N2O2S2/c1-2-17-11-9-10(3-4-13-11)12(15)14-5-7-18(16)8-6-14/h3-4,9H,2,5-8H2,1H3. The van der Waals surface area contributed by atoms with Crippen molar-refractivity contribution in [1.29, 1.82) is 0 Å². The molecule has 0 saturated carbocycles. The van der Waals surface area contributed by atoms with E-state index in [4.69, 9.17) is 0 Å². The Hall–Kier alpha value is -0.880. The maximum absolute atomic E-state index is 12.3. The Morgan fingerprint density at radius 2 is 2.22 bits per heavy atom. The second-order valence-corrected chi connectivity index (χ2v) is 6.94. The zero-order valence-corrected chi connectivity index (χ0v) is 11.9. The Bertz CT molecular complexity index is 455. The van der Waals surface area contributed by atoms with Crippen LogP contribution in [0.15, 0.2) is 23.4 Å². The van der Waals surface area contributed by atoms with Crippen LogP contribution >= 0.6 is 11.8 Å². The van der Waals surface area contributed by atoms with Gasteiger partial charge in [-0.2, -0.15) is 0 Å². The molecule has 0 N–H and O–H groups in total. The number of thioether (sulfide) groups is 1. The highest BCUT2D eigenvalue weighted by molar-refractivity contribution is 7.99. The molecule has 1 aliphatic heterocycles. The predicted molar refractivity (Wildman–Crippen MR) is 74.4 cm³/mol. The van der Waals surface area contributed by atoms with Crippen LogP contribution in [0.5, 0.6) is 0 Å². The lowest BCUT2D eigenvalue weighted by molar-refractivity contribution is 0.0771. The zero-order valence-electron chi connectivity index (χ0n) is 10.3.